The average Bonchev–Trinajstić information content (AvgIpc) is 3.01. The van der Waals surface area contributed by atoms with Crippen LogP contribution >= 0.6 is 11.8 Å². The first-order valence-corrected chi connectivity index (χ1v) is 15.0. The Bertz CT molecular complexity index is 1420. The van der Waals surface area contributed by atoms with Crippen molar-refractivity contribution in [2.45, 2.75) is 50.4 Å². The van der Waals surface area contributed by atoms with Crippen molar-refractivity contribution in [3.63, 3.8) is 0 Å². The molecule has 0 aliphatic carbocycles. The van der Waals surface area contributed by atoms with Crippen LogP contribution in [0, 0.1) is 29.1 Å². The standard InChI is InChI=1S/C28H33F5N6O6S/c1-12(37-27(44)16(34)9-13-3-5-14(40)6-4-13)26(43)36-11-19(41)38-18(28(45)39-17(25(35)42)7-8-46-2)10-15-20(29)22(31)24(33)23(32)21(15)30/h3-6,12,16-18,40H,7-11,34H2,1-2H3,(H2,35,42)(H,36,43)(H,37,44)(H,38,41)(H,39,45)/t12-,16+,17+,18+/m1/s1. The number of benzene rings is 2. The number of nitrogens with one attached hydrogen (secondary N) is 4. The third kappa shape index (κ3) is 10.6. The highest BCUT2D eigenvalue weighted by Gasteiger charge is 2.32. The summed E-state index contributed by atoms with van der Waals surface area (Å²) in [6.45, 7) is 0.418. The molecule has 2 aromatic carbocycles. The summed E-state index contributed by atoms with van der Waals surface area (Å²) in [5.74, 6) is -16.1. The summed E-state index contributed by atoms with van der Waals surface area (Å²) in [5.41, 5.74) is 10.4. The second kappa shape index (κ2) is 17.3. The van der Waals surface area contributed by atoms with Gasteiger partial charge in [0.15, 0.2) is 23.3 Å². The third-order valence-electron chi connectivity index (χ3n) is 6.54. The van der Waals surface area contributed by atoms with E-state index in [1.54, 1.807) is 18.4 Å². The lowest BCUT2D eigenvalue weighted by Gasteiger charge is -2.23. The molecule has 0 radical (unpaired) electrons. The zero-order valence-corrected chi connectivity index (χ0v) is 25.4. The van der Waals surface area contributed by atoms with Crippen LogP contribution in [-0.4, -0.2) is 77.4 Å². The highest BCUT2D eigenvalue weighted by molar-refractivity contribution is 7.98. The summed E-state index contributed by atoms with van der Waals surface area (Å²) < 4.78 is 70.0. The average molecular weight is 677 g/mol. The monoisotopic (exact) mass is 676 g/mol. The Balaban J connectivity index is 2.12. The predicted octanol–water partition coefficient (Wildman–Crippen LogP) is 0.0291. The van der Waals surface area contributed by atoms with Gasteiger partial charge in [-0.1, -0.05) is 12.1 Å². The number of phenolic OH excluding ortho intramolecular Hbond substituents is 1. The number of rotatable bonds is 16. The fourth-order valence-corrected chi connectivity index (χ4v) is 4.44. The molecule has 12 nitrogen and oxygen atoms in total. The molecule has 0 aliphatic rings. The summed E-state index contributed by atoms with van der Waals surface area (Å²) in [7, 11) is 0. The summed E-state index contributed by atoms with van der Waals surface area (Å²) in [4.78, 5) is 62.4. The number of halogens is 5. The minimum Gasteiger partial charge on any atom is -0.508 e. The van der Waals surface area contributed by atoms with Gasteiger partial charge in [-0.25, -0.2) is 22.0 Å². The van der Waals surface area contributed by atoms with Gasteiger partial charge in [-0.15, -0.1) is 0 Å². The van der Waals surface area contributed by atoms with E-state index in [0.29, 0.717) is 11.3 Å². The summed E-state index contributed by atoms with van der Waals surface area (Å²) in [5, 5.41) is 18.1. The second-order valence-corrected chi connectivity index (χ2v) is 11.0. The maximum atomic E-state index is 14.4. The molecule has 2 aromatic rings. The van der Waals surface area contributed by atoms with Gasteiger partial charge in [0.2, 0.25) is 35.4 Å². The highest BCUT2D eigenvalue weighted by Crippen LogP contribution is 2.24. The van der Waals surface area contributed by atoms with Crippen LogP contribution in [0.5, 0.6) is 5.75 Å². The van der Waals surface area contributed by atoms with Crippen molar-refractivity contribution < 1.29 is 51.0 Å². The Morgan fingerprint density at radius 2 is 1.37 bits per heavy atom. The first-order valence-electron chi connectivity index (χ1n) is 13.6. The van der Waals surface area contributed by atoms with Gasteiger partial charge in [-0.3, -0.25) is 24.0 Å². The number of carbonyl (C=O) groups is 5. The van der Waals surface area contributed by atoms with Crippen molar-refractivity contribution in [1.29, 1.82) is 0 Å². The molecule has 2 rings (SSSR count). The Morgan fingerprint density at radius 3 is 1.91 bits per heavy atom. The molecule has 0 fully saturated rings. The molecule has 0 saturated carbocycles. The van der Waals surface area contributed by atoms with Gasteiger partial charge in [0.05, 0.1) is 12.6 Å². The van der Waals surface area contributed by atoms with Crippen molar-refractivity contribution in [2.75, 3.05) is 18.6 Å². The Hall–Kier alpha value is -4.45. The van der Waals surface area contributed by atoms with Crippen molar-refractivity contribution in [3.05, 3.63) is 64.5 Å². The van der Waals surface area contributed by atoms with E-state index in [4.69, 9.17) is 11.5 Å². The lowest BCUT2D eigenvalue weighted by molar-refractivity contribution is -0.132. The minimum absolute atomic E-state index is 0.0154. The fourth-order valence-electron chi connectivity index (χ4n) is 3.97. The molecule has 252 valence electrons. The van der Waals surface area contributed by atoms with Crippen molar-refractivity contribution in [2.24, 2.45) is 11.5 Å². The van der Waals surface area contributed by atoms with Crippen LogP contribution in [0.1, 0.15) is 24.5 Å². The van der Waals surface area contributed by atoms with Crippen molar-refractivity contribution >= 4 is 41.3 Å². The molecule has 0 aromatic heterocycles. The van der Waals surface area contributed by atoms with Gasteiger partial charge in [-0.2, -0.15) is 11.8 Å². The van der Waals surface area contributed by atoms with Crippen LogP contribution in [0.2, 0.25) is 0 Å². The maximum Gasteiger partial charge on any atom is 0.243 e. The van der Waals surface area contributed by atoms with E-state index < -0.39 is 101 Å². The summed E-state index contributed by atoms with van der Waals surface area (Å²) in [6, 6.07) is 0.310. The molecule has 0 aliphatic heterocycles. The first kappa shape index (κ1) is 37.7. The molecule has 5 amide bonds. The van der Waals surface area contributed by atoms with E-state index in [0.717, 1.165) is 0 Å². The summed E-state index contributed by atoms with van der Waals surface area (Å²) >= 11 is 1.29. The molecule has 9 N–H and O–H groups in total. The molecule has 0 heterocycles. The molecule has 46 heavy (non-hydrogen) atoms. The van der Waals surface area contributed by atoms with E-state index in [1.165, 1.54) is 30.8 Å². The van der Waals surface area contributed by atoms with E-state index in [9.17, 15) is 51.0 Å². The zero-order chi connectivity index (χ0) is 34.7. The number of primary amides is 1. The van der Waals surface area contributed by atoms with Crippen molar-refractivity contribution in [3.8, 4) is 5.75 Å². The molecule has 0 bridgehead atoms. The van der Waals surface area contributed by atoms with Crippen LogP contribution in [0.4, 0.5) is 22.0 Å². The number of hydrogen-bond donors (Lipinski definition) is 7. The number of hydrogen-bond acceptors (Lipinski definition) is 8. The van der Waals surface area contributed by atoms with Gasteiger partial charge in [0.1, 0.15) is 23.9 Å². The normalized spacial score (nSPS) is 13.6. The van der Waals surface area contributed by atoms with Crippen molar-refractivity contribution in [1.82, 2.24) is 21.3 Å². The van der Waals surface area contributed by atoms with Crippen LogP contribution < -0.4 is 32.7 Å². The molecular weight excluding hydrogens is 643 g/mol. The number of aromatic hydroxyl groups is 1. The van der Waals surface area contributed by atoms with E-state index in [-0.39, 0.29) is 18.6 Å². The lowest BCUT2D eigenvalue weighted by atomic mass is 10.0. The largest absolute Gasteiger partial charge is 0.508 e. The van der Waals surface area contributed by atoms with Gasteiger partial charge in [0, 0.05) is 12.0 Å². The minimum atomic E-state index is -2.43. The van der Waals surface area contributed by atoms with Gasteiger partial charge in [0.25, 0.3) is 0 Å². The van der Waals surface area contributed by atoms with Gasteiger partial charge >= 0.3 is 0 Å². The molecular formula is C28H33F5N6O6S. The van der Waals surface area contributed by atoms with Crippen LogP contribution in [0.3, 0.4) is 0 Å². The number of phenols is 1. The Labute approximate surface area is 264 Å². The summed E-state index contributed by atoms with van der Waals surface area (Å²) in [6.07, 6.45) is 0.544. The van der Waals surface area contributed by atoms with Crippen LogP contribution in [0.25, 0.3) is 0 Å². The Kier molecular flexibility index (Phi) is 14.2. The SMILES string of the molecule is CSCC[C@H](NC(=O)[C@H](Cc1c(F)c(F)c(F)c(F)c1F)NC(=O)CNC(=O)[C@@H](C)NC(=O)[C@@H](N)Cc1ccc(O)cc1)C(N)=O. The second-order valence-electron chi connectivity index (χ2n) is 10.0. The quantitative estimate of drug-likeness (QED) is 0.0732. The number of carbonyl (C=O) groups excluding carboxylic acids is 5. The molecule has 0 saturated heterocycles. The van der Waals surface area contributed by atoms with Crippen LogP contribution in [-0.2, 0) is 36.8 Å². The third-order valence-corrected chi connectivity index (χ3v) is 7.18. The molecule has 4 atom stereocenters. The van der Waals surface area contributed by atoms with E-state index in [1.807, 2.05) is 5.32 Å². The number of amides is 5. The van der Waals surface area contributed by atoms with E-state index >= 15 is 0 Å². The number of nitrogens with two attached hydrogens (primary N) is 2. The predicted molar refractivity (Wildman–Crippen MR) is 156 cm³/mol. The van der Waals surface area contributed by atoms with Gasteiger partial charge < -0.3 is 37.8 Å². The first-order chi connectivity index (χ1) is 21.6. The van der Waals surface area contributed by atoms with Crippen LogP contribution in [0.15, 0.2) is 24.3 Å². The molecule has 0 unspecified atom stereocenters. The lowest BCUT2D eigenvalue weighted by Crippen LogP contribution is -2.56. The fraction of sp³-hybridized carbons (Fsp3) is 0.393. The topological polar surface area (TPSA) is 206 Å². The molecule has 18 heteroatoms. The Morgan fingerprint density at radius 1 is 0.804 bits per heavy atom. The smallest absolute Gasteiger partial charge is 0.243 e. The van der Waals surface area contributed by atoms with Gasteiger partial charge in [-0.05, 0) is 49.5 Å². The highest BCUT2D eigenvalue weighted by atomic mass is 32.2. The zero-order valence-electron chi connectivity index (χ0n) is 24.6. The maximum absolute atomic E-state index is 14.4. The molecule has 0 spiro atoms. The van der Waals surface area contributed by atoms with E-state index in [2.05, 4.69) is 16.0 Å². The number of thioether (sulfide) groups is 1.